The first-order chi connectivity index (χ1) is 28.4. The van der Waals surface area contributed by atoms with Gasteiger partial charge in [-0.25, -0.2) is 18.4 Å². The number of amides is 2. The van der Waals surface area contributed by atoms with E-state index in [-0.39, 0.29) is 48.8 Å². The fraction of sp³-hybridized carbons (Fsp3) is 0.386. The number of ether oxygens (including phenoxy) is 1. The summed E-state index contributed by atoms with van der Waals surface area (Å²) in [7, 11) is -4.22. The molecule has 0 spiro atoms. The molecule has 0 radical (unpaired) electrons. The minimum absolute atomic E-state index is 0.0285. The Kier molecular flexibility index (Phi) is 18.2. The number of unbranched alkanes of at least 4 members (excludes halogenated alkanes) is 12. The van der Waals surface area contributed by atoms with Crippen LogP contribution in [0.5, 0.6) is 5.75 Å². The first kappa shape index (κ1) is 46.2. The third kappa shape index (κ3) is 14.1. The third-order valence-electron chi connectivity index (χ3n) is 9.81. The molecule has 4 aromatic rings. The van der Waals surface area contributed by atoms with Crippen molar-refractivity contribution in [1.29, 1.82) is 0 Å². The number of hydrogen-bond acceptors (Lipinski definition) is 6. The van der Waals surface area contributed by atoms with E-state index in [1.165, 1.54) is 113 Å². The summed E-state index contributed by atoms with van der Waals surface area (Å²) in [5, 5.41) is 4.22. The van der Waals surface area contributed by atoms with E-state index in [4.69, 9.17) is 51.1 Å². The lowest BCUT2D eigenvalue weighted by atomic mass is 10.0. The Morgan fingerprint density at radius 1 is 0.763 bits per heavy atom. The lowest BCUT2D eigenvalue weighted by Gasteiger charge is -2.19. The van der Waals surface area contributed by atoms with Gasteiger partial charge < -0.3 is 10.1 Å². The Morgan fingerprint density at radius 3 is 2.03 bits per heavy atom. The van der Waals surface area contributed by atoms with Gasteiger partial charge in [-0.2, -0.15) is 4.72 Å². The fourth-order valence-electron chi connectivity index (χ4n) is 6.70. The van der Waals surface area contributed by atoms with E-state index in [9.17, 15) is 18.0 Å². The molecule has 10 nitrogen and oxygen atoms in total. The minimum Gasteiger partial charge on any atom is -0.484 e. The topological polar surface area (TPSA) is 129 Å². The second-order valence-corrected chi connectivity index (χ2v) is 17.9. The van der Waals surface area contributed by atoms with Crippen LogP contribution in [0.25, 0.3) is 0 Å². The molecule has 1 aliphatic heterocycles. The molecule has 15 heteroatoms. The molecule has 3 N–H and O–H groups in total. The van der Waals surface area contributed by atoms with Crippen LogP contribution in [0.2, 0.25) is 20.1 Å². The maximum absolute atomic E-state index is 13.9. The molecule has 59 heavy (non-hydrogen) atoms. The van der Waals surface area contributed by atoms with Crippen molar-refractivity contribution < 1.29 is 22.7 Å². The number of hydrazine groups is 1. The molecule has 1 heterocycles. The number of nitrogens with one attached hydrogen (secondary N) is 3. The number of nitrogens with zero attached hydrogens (tertiary/aromatic N) is 2. The highest BCUT2D eigenvalue weighted by atomic mass is 35.5. The number of anilines is 2. The van der Waals surface area contributed by atoms with E-state index < -0.39 is 27.9 Å². The molecular weight excluding hydrogens is 852 g/mol. The van der Waals surface area contributed by atoms with Crippen LogP contribution in [0.3, 0.4) is 0 Å². The molecule has 0 bridgehead atoms. The molecule has 1 unspecified atom stereocenters. The molecular formula is C44H51Cl4N5O5S. The van der Waals surface area contributed by atoms with Crippen LogP contribution in [0.4, 0.5) is 17.1 Å². The van der Waals surface area contributed by atoms with Gasteiger partial charge in [-0.05, 0) is 73.0 Å². The van der Waals surface area contributed by atoms with Crippen LogP contribution >= 0.6 is 46.4 Å². The summed E-state index contributed by atoms with van der Waals surface area (Å²) in [4.78, 5) is 31.4. The van der Waals surface area contributed by atoms with E-state index in [1.807, 2.05) is 18.2 Å². The number of aliphatic imine (C=N–C) groups is 1. The molecule has 1 atom stereocenters. The molecule has 316 valence electrons. The average Bonchev–Trinajstić information content (AvgIpc) is 3.49. The summed E-state index contributed by atoms with van der Waals surface area (Å²) in [5.41, 5.74) is 4.49. The van der Waals surface area contributed by atoms with Crippen molar-refractivity contribution in [3.8, 4) is 5.75 Å². The molecule has 0 saturated carbocycles. The van der Waals surface area contributed by atoms with Crippen LogP contribution in [-0.4, -0.2) is 38.7 Å². The van der Waals surface area contributed by atoms with Gasteiger partial charge >= 0.3 is 0 Å². The molecule has 0 aromatic heterocycles. The van der Waals surface area contributed by atoms with Crippen LogP contribution in [-0.2, 0) is 26.0 Å². The number of aryl methyl sites for hydroxylation is 1. The molecule has 1 saturated heterocycles. The number of halogens is 4. The standard InChI is InChI=1S/C44H51Cl4N5O5S/c1-2-3-4-5-6-7-8-9-10-11-12-13-15-19-31-20-18-21-34(26-31)58-30-40(54)49-33-24-25-36(46)39(29-33)50-43-41(52-59(56,57)35-22-16-14-17-23-35)44(55)53(51-43)42-37(47)27-32(45)28-38(42)48/h14,16-18,20-29,41,52H,2-13,15,19,30H2,1H3,(H,49,54)(H,50,51). The quantitative estimate of drug-likeness (QED) is 0.0636. The van der Waals surface area contributed by atoms with Gasteiger partial charge in [0.2, 0.25) is 10.0 Å². The van der Waals surface area contributed by atoms with Crippen LogP contribution in [0.15, 0.2) is 94.8 Å². The first-order valence-corrected chi connectivity index (χ1v) is 23.2. The number of benzene rings is 4. The van der Waals surface area contributed by atoms with Gasteiger partial charge in [0.15, 0.2) is 12.6 Å². The molecule has 5 rings (SSSR count). The van der Waals surface area contributed by atoms with E-state index in [1.54, 1.807) is 24.3 Å². The van der Waals surface area contributed by atoms with Crippen LogP contribution in [0.1, 0.15) is 96.0 Å². The van der Waals surface area contributed by atoms with Crippen molar-refractivity contribution in [2.45, 2.75) is 108 Å². The number of rotatable bonds is 23. The highest BCUT2D eigenvalue weighted by molar-refractivity contribution is 7.89. The third-order valence-corrected chi connectivity index (χ3v) is 12.4. The van der Waals surface area contributed by atoms with Gasteiger partial charge in [0, 0.05) is 10.7 Å². The summed E-state index contributed by atoms with van der Waals surface area (Å²) in [6, 6.07) is 21.2. The lowest BCUT2D eigenvalue weighted by molar-refractivity contribution is -0.118. The van der Waals surface area contributed by atoms with Crippen molar-refractivity contribution in [3.63, 3.8) is 0 Å². The summed E-state index contributed by atoms with van der Waals surface area (Å²) in [5.74, 6) is -0.736. The fourth-order valence-corrected chi connectivity index (χ4v) is 9.02. The zero-order chi connectivity index (χ0) is 42.2. The van der Waals surface area contributed by atoms with Gasteiger partial charge in [-0.3, -0.25) is 15.0 Å². The predicted molar refractivity (Wildman–Crippen MR) is 241 cm³/mol. The Bertz CT molecular complexity index is 2150. The van der Waals surface area contributed by atoms with Crippen molar-refractivity contribution in [3.05, 3.63) is 111 Å². The zero-order valence-electron chi connectivity index (χ0n) is 33.1. The number of amidine groups is 1. The molecule has 0 aliphatic carbocycles. The monoisotopic (exact) mass is 901 g/mol. The summed E-state index contributed by atoms with van der Waals surface area (Å²) in [6.45, 7) is 2.01. The Morgan fingerprint density at radius 2 is 1.39 bits per heavy atom. The van der Waals surface area contributed by atoms with Gasteiger partial charge in [0.05, 0.1) is 25.7 Å². The van der Waals surface area contributed by atoms with E-state index in [0.29, 0.717) is 11.4 Å². The van der Waals surface area contributed by atoms with Gasteiger partial charge in [0.25, 0.3) is 11.8 Å². The zero-order valence-corrected chi connectivity index (χ0v) is 37.0. The number of hydrogen-bond donors (Lipinski definition) is 3. The lowest BCUT2D eigenvalue weighted by Crippen LogP contribution is -2.44. The second kappa shape index (κ2) is 23.2. The van der Waals surface area contributed by atoms with Crippen molar-refractivity contribution in [2.24, 2.45) is 4.99 Å². The second-order valence-electron chi connectivity index (χ2n) is 14.5. The van der Waals surface area contributed by atoms with E-state index >= 15 is 0 Å². The Hall–Kier alpha value is -3.84. The first-order valence-electron chi connectivity index (χ1n) is 20.2. The smallest absolute Gasteiger partial charge is 0.271 e. The van der Waals surface area contributed by atoms with Crippen molar-refractivity contribution >= 4 is 91.1 Å². The molecule has 1 fully saturated rings. The average molecular weight is 904 g/mol. The van der Waals surface area contributed by atoms with Gasteiger partial charge in [0.1, 0.15) is 17.3 Å². The summed E-state index contributed by atoms with van der Waals surface area (Å²) in [6.07, 6.45) is 18.0. The maximum atomic E-state index is 13.9. The highest BCUT2D eigenvalue weighted by Crippen LogP contribution is 2.38. The largest absolute Gasteiger partial charge is 0.484 e. The number of carbonyl (C=O) groups is 2. The van der Waals surface area contributed by atoms with Gasteiger partial charge in [-0.1, -0.05) is 161 Å². The molecule has 2 amide bonds. The van der Waals surface area contributed by atoms with Gasteiger partial charge in [-0.15, -0.1) is 0 Å². The highest BCUT2D eigenvalue weighted by Gasteiger charge is 2.43. The van der Waals surface area contributed by atoms with Crippen LogP contribution in [0, 0.1) is 0 Å². The molecule has 1 aliphatic rings. The normalized spacial score (nSPS) is 14.8. The Balaban J connectivity index is 1.17. The SMILES string of the molecule is CCCCCCCCCCCCCCCc1cccc(OCC(=O)Nc2ccc(Cl)c(N=C3NN(c4c(Cl)cc(Cl)cc4Cl)C(=O)C3NS(=O)(=O)c3ccccc3)c2)c1. The summed E-state index contributed by atoms with van der Waals surface area (Å²) < 4.78 is 35.1. The molecule has 4 aromatic carbocycles. The van der Waals surface area contributed by atoms with Crippen molar-refractivity contribution in [1.82, 2.24) is 10.1 Å². The maximum Gasteiger partial charge on any atom is 0.271 e. The van der Waals surface area contributed by atoms with E-state index in [0.717, 1.165) is 23.4 Å². The number of carbonyl (C=O) groups excluding carboxylic acids is 2. The van der Waals surface area contributed by atoms with E-state index in [2.05, 4.69) is 33.4 Å². The van der Waals surface area contributed by atoms with Crippen LogP contribution < -0.4 is 25.2 Å². The van der Waals surface area contributed by atoms with Crippen molar-refractivity contribution in [2.75, 3.05) is 16.9 Å². The Labute approximate surface area is 368 Å². The minimum atomic E-state index is -4.22. The predicted octanol–water partition coefficient (Wildman–Crippen LogP) is 11.9. The summed E-state index contributed by atoms with van der Waals surface area (Å²) >= 11 is 25.5. The number of sulfonamides is 1.